The third kappa shape index (κ3) is 4.61. The van der Waals surface area contributed by atoms with Gasteiger partial charge in [0.05, 0.1) is 17.8 Å². The Hall–Kier alpha value is -3.06. The molecule has 1 amide bonds. The fourth-order valence-corrected chi connectivity index (χ4v) is 6.36. The molecule has 1 aromatic carbocycles. The van der Waals surface area contributed by atoms with Crippen molar-refractivity contribution in [1.82, 2.24) is 14.9 Å². The molecule has 0 atom stereocenters. The summed E-state index contributed by atoms with van der Waals surface area (Å²) in [5.74, 6) is 0.561. The lowest BCUT2D eigenvalue weighted by molar-refractivity contribution is 0.0521. The van der Waals surface area contributed by atoms with E-state index in [4.69, 9.17) is 9.72 Å². The monoisotopic (exact) mass is 489 g/mol. The number of hydrogen-bond donors (Lipinski definition) is 0. The Labute approximate surface area is 210 Å². The highest BCUT2D eigenvalue weighted by Crippen LogP contribution is 2.46. The number of rotatable bonds is 3. The summed E-state index contributed by atoms with van der Waals surface area (Å²) in [6.45, 7) is 7.69. The van der Waals surface area contributed by atoms with E-state index in [1.165, 1.54) is 0 Å². The molecular weight excluding hydrogens is 458 g/mol. The molecule has 0 radical (unpaired) electrons. The van der Waals surface area contributed by atoms with E-state index in [-0.39, 0.29) is 22.5 Å². The first-order valence-corrected chi connectivity index (χ1v) is 12.9. The topological polar surface area (TPSA) is 72.4 Å². The van der Waals surface area contributed by atoms with Crippen molar-refractivity contribution in [3.05, 3.63) is 63.6 Å². The second kappa shape index (κ2) is 8.86. The van der Waals surface area contributed by atoms with Crippen LogP contribution < -0.4 is 4.74 Å². The summed E-state index contributed by atoms with van der Waals surface area (Å²) in [5.41, 5.74) is 2.77. The summed E-state index contributed by atoms with van der Waals surface area (Å²) in [6.07, 6.45) is 3.04. The van der Waals surface area contributed by atoms with Crippen molar-refractivity contribution in [2.75, 3.05) is 20.2 Å². The van der Waals surface area contributed by atoms with Crippen LogP contribution in [0.3, 0.4) is 0 Å². The molecule has 182 valence electrons. The SMILES string of the molecule is COc1cc(C(=O)N2CCC3(CC2)CC(=O)c2nc(C(C)(C)C)sc2C3)cc(-c2ccccc2)n1. The number of carbonyl (C=O) groups is 2. The molecule has 6 nitrogen and oxygen atoms in total. The molecule has 0 unspecified atom stereocenters. The van der Waals surface area contributed by atoms with Crippen LogP contribution in [0.2, 0.25) is 0 Å². The number of ether oxygens (including phenoxy) is 1. The number of aromatic nitrogens is 2. The minimum atomic E-state index is -0.0757. The van der Waals surface area contributed by atoms with Crippen molar-refractivity contribution in [2.24, 2.45) is 5.41 Å². The Morgan fingerprint density at radius 2 is 1.77 bits per heavy atom. The molecule has 1 aliphatic carbocycles. The van der Waals surface area contributed by atoms with Crippen molar-refractivity contribution < 1.29 is 14.3 Å². The van der Waals surface area contributed by atoms with E-state index in [1.807, 2.05) is 41.3 Å². The van der Waals surface area contributed by atoms with E-state index in [9.17, 15) is 9.59 Å². The number of amides is 1. The van der Waals surface area contributed by atoms with Gasteiger partial charge in [0.15, 0.2) is 5.78 Å². The molecule has 3 aromatic rings. The Morgan fingerprint density at radius 1 is 1.06 bits per heavy atom. The third-order valence-corrected chi connectivity index (χ3v) is 8.59. The van der Waals surface area contributed by atoms with Crippen LogP contribution in [0.4, 0.5) is 0 Å². The van der Waals surface area contributed by atoms with E-state index < -0.39 is 0 Å². The standard InChI is InChI=1S/C28H31N3O3S/c1-27(2,3)26-30-24-21(32)16-28(17-22(24)35-26)10-12-31(13-11-28)25(33)19-14-20(29-23(15-19)34-4)18-8-6-5-7-9-18/h5-9,14-15H,10-13,16-17H2,1-4H3. The van der Waals surface area contributed by atoms with Gasteiger partial charge in [0.2, 0.25) is 5.88 Å². The van der Waals surface area contributed by atoms with E-state index in [0.717, 1.165) is 34.7 Å². The average Bonchev–Trinajstić information content (AvgIpc) is 3.29. The summed E-state index contributed by atoms with van der Waals surface area (Å²) >= 11 is 1.69. The second-order valence-electron chi connectivity index (χ2n) is 10.8. The van der Waals surface area contributed by atoms with Crippen molar-refractivity contribution in [2.45, 2.75) is 51.9 Å². The highest BCUT2D eigenvalue weighted by Gasteiger charge is 2.44. The predicted molar refractivity (Wildman–Crippen MR) is 137 cm³/mol. The molecular formula is C28H31N3O3S. The first-order valence-electron chi connectivity index (χ1n) is 12.1. The zero-order valence-electron chi connectivity index (χ0n) is 20.8. The molecule has 1 saturated heterocycles. The van der Waals surface area contributed by atoms with Crippen LogP contribution in [0.1, 0.15) is 70.8 Å². The first-order chi connectivity index (χ1) is 16.7. The van der Waals surface area contributed by atoms with Crippen LogP contribution in [-0.2, 0) is 11.8 Å². The summed E-state index contributed by atoms with van der Waals surface area (Å²) in [4.78, 5) is 38.7. The van der Waals surface area contributed by atoms with E-state index >= 15 is 0 Å². The molecule has 5 rings (SSSR count). The average molecular weight is 490 g/mol. The van der Waals surface area contributed by atoms with Crippen molar-refractivity contribution in [3.8, 4) is 17.1 Å². The highest BCUT2D eigenvalue weighted by molar-refractivity contribution is 7.12. The first kappa shape index (κ1) is 23.7. The van der Waals surface area contributed by atoms with Gasteiger partial charge in [0.1, 0.15) is 5.69 Å². The number of ketones is 1. The quantitative estimate of drug-likeness (QED) is 0.481. The third-order valence-electron chi connectivity index (χ3n) is 7.11. The molecule has 7 heteroatoms. The van der Waals surface area contributed by atoms with Gasteiger partial charge in [-0.05, 0) is 30.7 Å². The molecule has 1 fully saturated rings. The molecule has 0 saturated carbocycles. The van der Waals surface area contributed by atoms with E-state index in [0.29, 0.717) is 42.3 Å². The number of likely N-dealkylation sites (tertiary alicyclic amines) is 1. The summed E-state index contributed by atoms with van der Waals surface area (Å²) in [6, 6.07) is 13.3. The van der Waals surface area contributed by atoms with Crippen LogP contribution in [0.15, 0.2) is 42.5 Å². The van der Waals surface area contributed by atoms with Crippen LogP contribution in [-0.4, -0.2) is 46.8 Å². The number of carbonyl (C=O) groups excluding carboxylic acids is 2. The van der Waals surface area contributed by atoms with Crippen LogP contribution in [0, 0.1) is 5.41 Å². The number of thiazole rings is 1. The number of fused-ring (bicyclic) bond motifs is 1. The Bertz CT molecular complexity index is 1270. The second-order valence-corrected chi connectivity index (χ2v) is 11.8. The normalized spacial score (nSPS) is 17.4. The highest BCUT2D eigenvalue weighted by atomic mass is 32.1. The number of nitrogens with zero attached hydrogens (tertiary/aromatic N) is 3. The van der Waals surface area contributed by atoms with Gasteiger partial charge in [0.25, 0.3) is 5.91 Å². The van der Waals surface area contributed by atoms with Crippen molar-refractivity contribution >= 4 is 23.0 Å². The lowest BCUT2D eigenvalue weighted by atomic mass is 9.68. The van der Waals surface area contributed by atoms with Gasteiger partial charge in [-0.15, -0.1) is 11.3 Å². The molecule has 2 aromatic heterocycles. The minimum Gasteiger partial charge on any atom is -0.481 e. The minimum absolute atomic E-state index is 0.0200. The van der Waals surface area contributed by atoms with Crippen LogP contribution in [0.25, 0.3) is 11.3 Å². The fraction of sp³-hybridized carbons (Fsp3) is 0.429. The summed E-state index contributed by atoms with van der Waals surface area (Å²) < 4.78 is 5.39. The van der Waals surface area contributed by atoms with Crippen LogP contribution >= 0.6 is 11.3 Å². The summed E-state index contributed by atoms with van der Waals surface area (Å²) in [7, 11) is 1.56. The van der Waals surface area contributed by atoms with Crippen LogP contribution in [0.5, 0.6) is 5.88 Å². The van der Waals surface area contributed by atoms with Gasteiger partial charge in [-0.1, -0.05) is 51.1 Å². The Balaban J connectivity index is 1.33. The van der Waals surface area contributed by atoms with Gasteiger partial charge >= 0.3 is 0 Å². The lowest BCUT2D eigenvalue weighted by Crippen LogP contribution is -2.46. The van der Waals surface area contributed by atoms with Gasteiger partial charge in [-0.2, -0.15) is 0 Å². The van der Waals surface area contributed by atoms with E-state index in [2.05, 4.69) is 25.8 Å². The van der Waals surface area contributed by atoms with Gasteiger partial charge in [-0.3, -0.25) is 9.59 Å². The number of benzene rings is 1. The number of methoxy groups -OCH3 is 1. The number of piperidine rings is 1. The largest absolute Gasteiger partial charge is 0.481 e. The maximum absolute atomic E-state index is 13.5. The molecule has 2 aliphatic rings. The maximum atomic E-state index is 13.5. The molecule has 1 aliphatic heterocycles. The van der Waals surface area contributed by atoms with Crippen molar-refractivity contribution in [1.29, 1.82) is 0 Å². The molecule has 1 spiro atoms. The zero-order valence-corrected chi connectivity index (χ0v) is 21.6. The number of Topliss-reactive ketones (excluding diaryl/α,β-unsaturated/α-hetero) is 1. The fourth-order valence-electron chi connectivity index (χ4n) is 5.05. The van der Waals surface area contributed by atoms with Gasteiger partial charge in [-0.25, -0.2) is 9.97 Å². The van der Waals surface area contributed by atoms with Gasteiger partial charge < -0.3 is 9.64 Å². The molecule has 0 N–H and O–H groups in total. The molecule has 3 heterocycles. The smallest absolute Gasteiger partial charge is 0.254 e. The predicted octanol–water partition coefficient (Wildman–Crippen LogP) is 5.56. The zero-order chi connectivity index (χ0) is 24.8. The number of pyridine rings is 1. The maximum Gasteiger partial charge on any atom is 0.254 e. The van der Waals surface area contributed by atoms with Gasteiger partial charge in [0, 0.05) is 47.0 Å². The Morgan fingerprint density at radius 3 is 2.43 bits per heavy atom. The lowest BCUT2D eigenvalue weighted by Gasteiger charge is -2.43. The van der Waals surface area contributed by atoms with E-state index in [1.54, 1.807) is 24.5 Å². The number of hydrogen-bond acceptors (Lipinski definition) is 6. The molecule has 35 heavy (non-hydrogen) atoms. The Kier molecular flexibility index (Phi) is 5.99. The summed E-state index contributed by atoms with van der Waals surface area (Å²) in [5, 5.41) is 1.03. The molecule has 0 bridgehead atoms. The van der Waals surface area contributed by atoms with Crippen molar-refractivity contribution in [3.63, 3.8) is 0 Å².